The van der Waals surface area contributed by atoms with Gasteiger partial charge in [0.05, 0.1) is 36.1 Å². The molecule has 12 aromatic rings. The largest absolute Gasteiger partial charge is 0.474 e. The van der Waals surface area contributed by atoms with Crippen molar-refractivity contribution in [3.63, 3.8) is 0 Å². The summed E-state index contributed by atoms with van der Waals surface area (Å²) in [6.45, 7) is -0.603. The van der Waals surface area contributed by atoms with Gasteiger partial charge in [-0.1, -0.05) is 157 Å². The molecule has 6 aromatic heterocycles. The average Bonchev–Trinajstić information content (AvgIpc) is 4.48. The van der Waals surface area contributed by atoms with E-state index >= 15 is 4.57 Å². The van der Waals surface area contributed by atoms with Crippen molar-refractivity contribution in [3.05, 3.63) is 207 Å². The van der Waals surface area contributed by atoms with Gasteiger partial charge in [-0.05, 0) is 132 Å². The van der Waals surface area contributed by atoms with Gasteiger partial charge in [0.2, 0.25) is 0 Å². The Labute approximate surface area is 517 Å². The molecule has 77 heavy (non-hydrogen) atoms. The summed E-state index contributed by atoms with van der Waals surface area (Å²) in [7, 11) is -4.81. The van der Waals surface area contributed by atoms with E-state index in [1.54, 1.807) is 0 Å². The number of alkyl halides is 3. The normalized spacial score (nSPS) is 13.0. The smallest absolute Gasteiger partial charge is 0.357 e. The topological polar surface area (TPSA) is 140 Å². The minimum Gasteiger partial charge on any atom is -0.357 e. The maximum absolute atomic E-state index is 17.0. The number of H-pyrrole nitrogens is 6. The number of hydrogen-bond donors (Lipinski definition) is 6. The predicted octanol–water partition coefficient (Wildman–Crippen LogP) is 19.8. The quantitative estimate of drug-likeness (QED) is 0.0376. The van der Waals surface area contributed by atoms with Gasteiger partial charge in [-0.25, -0.2) is 4.57 Å². The molecule has 0 fully saturated rings. The molecular weight excluding hydrogens is 1580 g/mol. The number of fused-ring (bicyclic) bond motifs is 6. The van der Waals surface area contributed by atoms with Gasteiger partial charge in [-0.3, -0.25) is 13.6 Å². The Bertz CT molecular complexity index is 3600. The maximum Gasteiger partial charge on any atom is 0.474 e. The van der Waals surface area contributed by atoms with Crippen LogP contribution in [0.25, 0.3) is 65.4 Å². The molecule has 20 heteroatoms. The van der Waals surface area contributed by atoms with Crippen molar-refractivity contribution in [1.82, 2.24) is 29.9 Å². The summed E-state index contributed by atoms with van der Waals surface area (Å²) >= 11 is 36.1. The summed E-state index contributed by atoms with van der Waals surface area (Å²) in [4.78, 5) is 22.4. The van der Waals surface area contributed by atoms with E-state index < -0.39 is 24.1 Å². The van der Waals surface area contributed by atoms with E-state index in [1.165, 1.54) is 0 Å². The van der Waals surface area contributed by atoms with Crippen LogP contribution in [0, 0.1) is 0 Å². The minimum absolute atomic E-state index is 0.201. The Hall–Kier alpha value is -3.01. The number of rotatable bonds is 18. The van der Waals surface area contributed by atoms with Crippen LogP contribution in [0.1, 0.15) is 34.2 Å². The van der Waals surface area contributed by atoms with Gasteiger partial charge in [0, 0.05) is 142 Å². The van der Waals surface area contributed by atoms with E-state index in [1.807, 2.05) is 109 Å². The molecule has 12 rings (SSSR count). The molecule has 10 nitrogen and oxygen atoms in total. The van der Waals surface area contributed by atoms with Gasteiger partial charge in [0.1, 0.15) is 0 Å². The number of aromatic nitrogens is 6. The molecule has 0 aliphatic carbocycles. The maximum atomic E-state index is 17.0. The standard InChI is InChI=1S/C57H42Br9N6O4P/c58-25-55(49-43(61)31-13-1-7-19-37(31)67-49,50-44(62)32-14-2-8-20-38(32)68-50)28-74-77(73,75-29-56(26-59,51-45(63)33-15-3-9-21-39(33)69-51)52-46(64)34-16-4-10-22-40(34)70-52)76-30-57(27-60,53-47(65)35-17-5-11-23-41(35)71-53)54-48(66)36-18-6-12-24-42(36)72-54/h1-24,67-72H,25-30H2. The number of halogens is 9. The Morgan fingerprint density at radius 3 is 0.636 bits per heavy atom. The van der Waals surface area contributed by atoms with Gasteiger partial charge in [0.15, 0.2) is 0 Å². The molecule has 0 amide bonds. The molecule has 0 bridgehead atoms. The van der Waals surface area contributed by atoms with Crippen LogP contribution in [0.3, 0.4) is 0 Å². The highest BCUT2D eigenvalue weighted by Crippen LogP contribution is 2.58. The van der Waals surface area contributed by atoms with Gasteiger partial charge in [-0.2, -0.15) is 0 Å². The summed E-state index contributed by atoms with van der Waals surface area (Å²) in [6.07, 6.45) is 0. The third-order valence-corrected chi connectivity index (χ3v) is 24.0. The van der Waals surface area contributed by atoms with Gasteiger partial charge in [-0.15, -0.1) is 0 Å². The predicted molar refractivity (Wildman–Crippen MR) is 345 cm³/mol. The first kappa shape index (κ1) is 54.6. The van der Waals surface area contributed by atoms with Crippen molar-refractivity contribution in [2.75, 3.05) is 35.8 Å². The SMILES string of the molecule is O=P(OCC(CBr)(c1[nH]c2ccccc2c1Br)c1[nH]c2ccccc2c1Br)(OCC(CBr)(c1[nH]c2ccccc2c1Br)c1[nH]c2ccccc2c1Br)OCC(CBr)(c1[nH]c2ccccc2c1Br)c1[nH]c2ccccc2c1Br. The van der Waals surface area contributed by atoms with Crippen molar-refractivity contribution in [2.24, 2.45) is 0 Å². The summed E-state index contributed by atoms with van der Waals surface area (Å²) in [5, 5.41) is 6.76. The molecule has 392 valence electrons. The zero-order valence-electron chi connectivity index (χ0n) is 40.1. The number of nitrogens with one attached hydrogen (secondary N) is 6. The number of benzene rings is 6. The molecule has 0 saturated heterocycles. The van der Waals surface area contributed by atoms with Crippen LogP contribution in [-0.2, 0) is 34.4 Å². The molecule has 0 atom stereocenters. The first-order chi connectivity index (χ1) is 37.3. The van der Waals surface area contributed by atoms with Crippen molar-refractivity contribution in [2.45, 2.75) is 16.2 Å². The molecule has 6 heterocycles. The third kappa shape index (κ3) is 9.11. The molecule has 0 spiro atoms. The lowest BCUT2D eigenvalue weighted by atomic mass is 9.84. The van der Waals surface area contributed by atoms with Crippen LogP contribution < -0.4 is 0 Å². The highest BCUT2D eigenvalue weighted by atomic mass is 79.9. The Kier molecular flexibility index (Phi) is 15.4. The lowest BCUT2D eigenvalue weighted by Gasteiger charge is -2.36. The Morgan fingerprint density at radius 1 is 0.312 bits per heavy atom. The molecular formula is C57H42Br9N6O4P. The second-order valence-corrected chi connectivity index (χ2v) is 27.2. The third-order valence-electron chi connectivity index (χ3n) is 14.8. The highest BCUT2D eigenvalue weighted by Gasteiger charge is 2.49. The monoisotopic (exact) mass is 1620 g/mol. The van der Waals surface area contributed by atoms with Crippen LogP contribution in [0.15, 0.2) is 172 Å². The Morgan fingerprint density at radius 2 is 0.481 bits per heavy atom. The summed E-state index contributed by atoms with van der Waals surface area (Å²) in [5.74, 6) is 0. The van der Waals surface area contributed by atoms with Gasteiger partial charge < -0.3 is 29.9 Å². The van der Waals surface area contributed by atoms with Gasteiger partial charge in [0.25, 0.3) is 0 Å². The van der Waals surface area contributed by atoms with E-state index in [-0.39, 0.29) is 19.8 Å². The van der Waals surface area contributed by atoms with Crippen LogP contribution >= 0.6 is 151 Å². The zero-order chi connectivity index (χ0) is 53.4. The van der Waals surface area contributed by atoms with Crippen LogP contribution in [0.5, 0.6) is 0 Å². The van der Waals surface area contributed by atoms with Crippen molar-refractivity contribution < 1.29 is 18.1 Å². The fourth-order valence-corrected chi connectivity index (χ4v) is 19.1. The molecule has 0 radical (unpaired) electrons. The summed E-state index contributed by atoms with van der Waals surface area (Å²) < 4.78 is 43.4. The van der Waals surface area contributed by atoms with Crippen molar-refractivity contribution >= 4 is 217 Å². The first-order valence-corrected chi connectivity index (χ1v) is 33.7. The van der Waals surface area contributed by atoms with Crippen molar-refractivity contribution in [3.8, 4) is 0 Å². The van der Waals surface area contributed by atoms with Crippen LogP contribution in [0.2, 0.25) is 0 Å². The number of hydrogen-bond acceptors (Lipinski definition) is 4. The summed E-state index contributed by atoms with van der Waals surface area (Å²) in [6, 6.07) is 48.6. The molecule has 0 aliphatic heterocycles. The number of phosphoric acid groups is 1. The molecule has 6 aromatic carbocycles. The van der Waals surface area contributed by atoms with Gasteiger partial charge >= 0.3 is 7.82 Å². The van der Waals surface area contributed by atoms with E-state index in [0.29, 0.717) is 16.0 Å². The molecule has 0 unspecified atom stereocenters. The highest BCUT2D eigenvalue weighted by molar-refractivity contribution is 9.11. The van der Waals surface area contributed by atoms with E-state index in [0.717, 1.165) is 126 Å². The lowest BCUT2D eigenvalue weighted by molar-refractivity contribution is 0.0794. The average molecular weight is 1630 g/mol. The lowest BCUT2D eigenvalue weighted by Crippen LogP contribution is -2.40. The van der Waals surface area contributed by atoms with E-state index in [4.69, 9.17) is 13.6 Å². The number of phosphoric ester groups is 1. The minimum atomic E-state index is -4.81. The fraction of sp³-hybridized carbons (Fsp3) is 0.158. The molecule has 6 N–H and O–H groups in total. The number of aromatic amines is 6. The zero-order valence-corrected chi connectivity index (χ0v) is 55.2. The molecule has 0 aliphatic rings. The Balaban J connectivity index is 1.05. The van der Waals surface area contributed by atoms with Crippen LogP contribution in [0.4, 0.5) is 0 Å². The van der Waals surface area contributed by atoms with Crippen LogP contribution in [-0.4, -0.2) is 65.7 Å². The first-order valence-electron chi connectivity index (χ1n) is 24.1. The fourth-order valence-electron chi connectivity index (χ4n) is 10.6. The second kappa shape index (κ2) is 21.7. The second-order valence-electron chi connectivity index (χ2n) is 19.1. The van der Waals surface area contributed by atoms with Crippen molar-refractivity contribution in [1.29, 1.82) is 0 Å². The summed E-state index contributed by atoms with van der Waals surface area (Å²) in [5.41, 5.74) is 6.87. The van der Waals surface area contributed by atoms with E-state index in [9.17, 15) is 0 Å². The van der Waals surface area contributed by atoms with E-state index in [2.05, 4.69) is 210 Å². The number of para-hydroxylation sites is 6. The molecule has 0 saturated carbocycles.